The van der Waals surface area contributed by atoms with Crippen molar-refractivity contribution in [1.29, 1.82) is 0 Å². The molecular formula is C29H30ClN5O3. The Kier molecular flexibility index (Phi) is 7.30. The smallest absolute Gasteiger partial charge is 0.250 e. The van der Waals surface area contributed by atoms with E-state index in [-0.39, 0.29) is 17.4 Å². The van der Waals surface area contributed by atoms with Gasteiger partial charge in [-0.1, -0.05) is 36.1 Å². The maximum absolute atomic E-state index is 12.7. The van der Waals surface area contributed by atoms with Gasteiger partial charge in [0, 0.05) is 56.3 Å². The standard InChI is InChI=1S/C29H30ClN5O3/c1-3-26(36)35-14-10-21-15-29(21,35)11-7-19-16-31-12-8-20(19)17-33-24-9-13-32-28(37)22(24)18-34-25-6-4-5-23(30)27(25)38-2/h3-6,8,12,16,21,33-34H,1,9-10,13-15,17-18H2,2H3,(H,32,37). The minimum absolute atomic E-state index is 0.0635. The molecule has 3 heterocycles. The normalized spacial score (nSPS) is 21.6. The largest absolute Gasteiger partial charge is 0.493 e. The Hall–Kier alpha value is -3.96. The van der Waals surface area contributed by atoms with Crippen LogP contribution in [0.3, 0.4) is 0 Å². The van der Waals surface area contributed by atoms with Crippen molar-refractivity contribution in [2.24, 2.45) is 5.92 Å². The Morgan fingerprint density at radius 3 is 3.03 bits per heavy atom. The third-order valence-corrected chi connectivity index (χ3v) is 7.74. The average Bonchev–Trinajstić information content (AvgIpc) is 3.53. The Labute approximate surface area is 227 Å². The summed E-state index contributed by atoms with van der Waals surface area (Å²) in [7, 11) is 1.56. The minimum Gasteiger partial charge on any atom is -0.493 e. The lowest BCUT2D eigenvalue weighted by molar-refractivity contribution is -0.127. The molecule has 3 aliphatic rings. The topological polar surface area (TPSA) is 95.6 Å². The summed E-state index contributed by atoms with van der Waals surface area (Å²) in [5.74, 6) is 7.48. The van der Waals surface area contributed by atoms with Gasteiger partial charge in [-0.2, -0.15) is 0 Å². The maximum atomic E-state index is 12.7. The number of ether oxygens (including phenoxy) is 1. The fourth-order valence-corrected chi connectivity index (χ4v) is 5.55. The summed E-state index contributed by atoms with van der Waals surface area (Å²) in [6.07, 6.45) is 7.42. The lowest BCUT2D eigenvalue weighted by Crippen LogP contribution is -2.38. The number of hydrogen-bond acceptors (Lipinski definition) is 6. The van der Waals surface area contributed by atoms with Crippen LogP contribution in [0.15, 0.2) is 60.6 Å². The summed E-state index contributed by atoms with van der Waals surface area (Å²) >= 11 is 6.24. The molecule has 9 heteroatoms. The van der Waals surface area contributed by atoms with Crippen LogP contribution in [-0.2, 0) is 16.1 Å². The third-order valence-electron chi connectivity index (χ3n) is 7.44. The van der Waals surface area contributed by atoms with Crippen LogP contribution in [0.5, 0.6) is 5.75 Å². The van der Waals surface area contributed by atoms with Gasteiger partial charge in [-0.25, -0.2) is 0 Å². The second kappa shape index (κ2) is 10.8. The number of piperidine rings is 1. The molecule has 2 fully saturated rings. The van der Waals surface area contributed by atoms with Crippen molar-refractivity contribution in [3.63, 3.8) is 0 Å². The number of methoxy groups -OCH3 is 1. The molecule has 2 aromatic rings. The molecule has 2 aliphatic heterocycles. The summed E-state index contributed by atoms with van der Waals surface area (Å²) < 4.78 is 5.41. The lowest BCUT2D eigenvalue weighted by Gasteiger charge is -2.23. The van der Waals surface area contributed by atoms with Crippen LogP contribution in [0.1, 0.15) is 30.4 Å². The number of pyridine rings is 1. The second-order valence-electron chi connectivity index (χ2n) is 9.58. The Bertz CT molecular complexity index is 1380. The zero-order valence-electron chi connectivity index (χ0n) is 21.3. The zero-order valence-corrected chi connectivity index (χ0v) is 22.0. The molecule has 2 atom stereocenters. The number of rotatable bonds is 8. The van der Waals surface area contributed by atoms with E-state index in [1.807, 2.05) is 23.1 Å². The number of carbonyl (C=O) groups is 2. The third kappa shape index (κ3) is 4.94. The molecule has 0 bridgehead atoms. The van der Waals surface area contributed by atoms with E-state index >= 15 is 0 Å². The minimum atomic E-state index is -0.379. The highest BCUT2D eigenvalue weighted by atomic mass is 35.5. The average molecular weight is 532 g/mol. The highest BCUT2D eigenvalue weighted by Crippen LogP contribution is 2.55. The first-order valence-corrected chi connectivity index (χ1v) is 13.0. The van der Waals surface area contributed by atoms with Crippen molar-refractivity contribution in [1.82, 2.24) is 20.5 Å². The predicted molar refractivity (Wildman–Crippen MR) is 146 cm³/mol. The molecular weight excluding hydrogens is 502 g/mol. The molecule has 0 spiro atoms. The van der Waals surface area contributed by atoms with Gasteiger partial charge in [0.25, 0.3) is 5.91 Å². The molecule has 1 aromatic heterocycles. The molecule has 2 amide bonds. The van der Waals surface area contributed by atoms with Crippen LogP contribution in [-0.4, -0.2) is 54.0 Å². The van der Waals surface area contributed by atoms with Gasteiger partial charge in [0.2, 0.25) is 5.91 Å². The van der Waals surface area contributed by atoms with Crippen LogP contribution in [0.25, 0.3) is 0 Å². The quantitative estimate of drug-likeness (QED) is 0.357. The SMILES string of the molecule is C=CC(=O)N1CCC2CC21C#Cc1cnccc1CNC1=C(CNc2cccc(Cl)c2OC)C(=O)NCC1. The number of nitrogens with one attached hydrogen (secondary N) is 3. The zero-order chi connectivity index (χ0) is 26.7. The molecule has 1 saturated carbocycles. The van der Waals surface area contributed by atoms with Gasteiger partial charge in [-0.15, -0.1) is 0 Å². The number of fused-ring (bicyclic) bond motifs is 1. The van der Waals surface area contributed by atoms with E-state index in [0.29, 0.717) is 54.0 Å². The summed E-state index contributed by atoms with van der Waals surface area (Å²) in [5, 5.41) is 10.2. The second-order valence-corrected chi connectivity index (χ2v) is 9.99. The van der Waals surface area contributed by atoms with Crippen LogP contribution < -0.4 is 20.7 Å². The number of hydrogen-bond donors (Lipinski definition) is 3. The fourth-order valence-electron chi connectivity index (χ4n) is 5.29. The molecule has 0 radical (unpaired) electrons. The molecule has 2 unspecified atom stereocenters. The van der Waals surface area contributed by atoms with Gasteiger partial charge in [0.05, 0.1) is 23.4 Å². The van der Waals surface area contributed by atoms with Crippen LogP contribution in [0.2, 0.25) is 5.02 Å². The molecule has 1 saturated heterocycles. The Morgan fingerprint density at radius 1 is 1.37 bits per heavy atom. The first kappa shape index (κ1) is 25.7. The number of likely N-dealkylation sites (tertiary alicyclic amines) is 1. The molecule has 38 heavy (non-hydrogen) atoms. The molecule has 3 N–H and O–H groups in total. The van der Waals surface area contributed by atoms with E-state index in [0.717, 1.165) is 36.2 Å². The van der Waals surface area contributed by atoms with Crippen molar-refractivity contribution in [2.45, 2.75) is 31.3 Å². The highest BCUT2D eigenvalue weighted by molar-refractivity contribution is 6.32. The first-order chi connectivity index (χ1) is 18.5. The van der Waals surface area contributed by atoms with Crippen molar-refractivity contribution >= 4 is 29.1 Å². The summed E-state index contributed by atoms with van der Waals surface area (Å²) in [5.41, 5.74) is 3.62. The number of nitrogens with zero attached hydrogens (tertiary/aromatic N) is 2. The van der Waals surface area contributed by atoms with E-state index in [1.165, 1.54) is 6.08 Å². The summed E-state index contributed by atoms with van der Waals surface area (Å²) in [6, 6.07) is 7.37. The van der Waals surface area contributed by atoms with Gasteiger partial charge in [0.15, 0.2) is 5.75 Å². The number of benzene rings is 1. The van der Waals surface area contributed by atoms with E-state index < -0.39 is 0 Å². The lowest BCUT2D eigenvalue weighted by atomic mass is 10.0. The van der Waals surface area contributed by atoms with E-state index in [2.05, 4.69) is 39.4 Å². The number of aromatic nitrogens is 1. The Morgan fingerprint density at radius 2 is 2.24 bits per heavy atom. The van der Waals surface area contributed by atoms with Crippen LogP contribution in [0, 0.1) is 17.8 Å². The van der Waals surface area contributed by atoms with Gasteiger partial charge in [0.1, 0.15) is 5.54 Å². The van der Waals surface area contributed by atoms with Gasteiger partial charge >= 0.3 is 0 Å². The fraction of sp³-hybridized carbons (Fsp3) is 0.345. The molecule has 1 aromatic carbocycles. The predicted octanol–water partition coefficient (Wildman–Crippen LogP) is 3.25. The number of para-hydroxylation sites is 1. The van der Waals surface area contributed by atoms with E-state index in [9.17, 15) is 9.59 Å². The van der Waals surface area contributed by atoms with Crippen molar-refractivity contribution < 1.29 is 14.3 Å². The summed E-state index contributed by atoms with van der Waals surface area (Å²) in [6.45, 7) is 5.72. The van der Waals surface area contributed by atoms with Crippen LogP contribution in [0.4, 0.5) is 5.69 Å². The molecule has 196 valence electrons. The maximum Gasteiger partial charge on any atom is 0.250 e. The molecule has 8 nitrogen and oxygen atoms in total. The number of halogens is 1. The monoisotopic (exact) mass is 531 g/mol. The number of anilines is 1. The van der Waals surface area contributed by atoms with Crippen molar-refractivity contribution in [3.8, 4) is 17.6 Å². The first-order valence-electron chi connectivity index (χ1n) is 12.7. The van der Waals surface area contributed by atoms with E-state index in [4.69, 9.17) is 16.3 Å². The van der Waals surface area contributed by atoms with Gasteiger partial charge in [-0.3, -0.25) is 14.6 Å². The van der Waals surface area contributed by atoms with Gasteiger partial charge in [-0.05, 0) is 48.6 Å². The molecule has 1 aliphatic carbocycles. The van der Waals surface area contributed by atoms with E-state index in [1.54, 1.807) is 25.6 Å². The number of amides is 2. The molecule has 5 rings (SSSR count). The van der Waals surface area contributed by atoms with Gasteiger partial charge < -0.3 is 25.6 Å². The van der Waals surface area contributed by atoms with Crippen molar-refractivity contribution in [3.05, 3.63) is 76.7 Å². The van der Waals surface area contributed by atoms with Crippen molar-refractivity contribution in [2.75, 3.05) is 32.1 Å². The highest BCUT2D eigenvalue weighted by Gasteiger charge is 2.62. The summed E-state index contributed by atoms with van der Waals surface area (Å²) in [4.78, 5) is 31.2. The van der Waals surface area contributed by atoms with Crippen LogP contribution >= 0.6 is 11.6 Å². The Balaban J connectivity index is 1.33. The number of carbonyl (C=O) groups excluding carboxylic acids is 2.